The van der Waals surface area contributed by atoms with E-state index in [1.165, 1.54) is 20.3 Å². The lowest BCUT2D eigenvalue weighted by atomic mass is 10.1. The maximum atomic E-state index is 12.7. The molecule has 7 heteroatoms. The normalized spacial score (nSPS) is 11.9. The van der Waals surface area contributed by atoms with E-state index in [4.69, 9.17) is 23.7 Å². The number of hydrogen-bond acceptors (Lipinski definition) is 7. The lowest BCUT2D eigenvalue weighted by molar-refractivity contribution is 0.0734. The number of ether oxygens (including phenoxy) is 5. The molecule has 1 aliphatic rings. The van der Waals surface area contributed by atoms with Gasteiger partial charge < -0.3 is 23.7 Å². The first-order valence-corrected chi connectivity index (χ1v) is 9.73. The number of methoxy groups -OCH3 is 2. The fourth-order valence-corrected chi connectivity index (χ4v) is 3.14. The molecule has 0 saturated heterocycles. The predicted molar refractivity (Wildman–Crippen MR) is 117 cm³/mol. The van der Waals surface area contributed by atoms with Crippen molar-refractivity contribution in [3.05, 3.63) is 83.4 Å². The van der Waals surface area contributed by atoms with Crippen LogP contribution in [0.4, 0.5) is 0 Å². The number of benzene rings is 3. The van der Waals surface area contributed by atoms with Crippen molar-refractivity contribution in [2.24, 2.45) is 0 Å². The van der Waals surface area contributed by atoms with Crippen LogP contribution < -0.4 is 23.7 Å². The van der Waals surface area contributed by atoms with E-state index in [1.807, 2.05) is 0 Å². The highest BCUT2D eigenvalue weighted by atomic mass is 16.7. The van der Waals surface area contributed by atoms with E-state index in [0.29, 0.717) is 45.4 Å². The van der Waals surface area contributed by atoms with E-state index in [9.17, 15) is 9.59 Å². The minimum absolute atomic E-state index is 0.128. The van der Waals surface area contributed by atoms with Crippen molar-refractivity contribution in [1.29, 1.82) is 0 Å². The van der Waals surface area contributed by atoms with Crippen molar-refractivity contribution in [2.75, 3.05) is 21.0 Å². The number of carbonyl (C=O) groups excluding carboxylic acids is 2. The summed E-state index contributed by atoms with van der Waals surface area (Å²) >= 11 is 0. The predicted octanol–water partition coefficient (Wildman–Crippen LogP) is 4.55. The molecule has 32 heavy (non-hydrogen) atoms. The van der Waals surface area contributed by atoms with Gasteiger partial charge in [0.1, 0.15) is 17.2 Å². The first-order chi connectivity index (χ1) is 15.6. The highest BCUT2D eigenvalue weighted by Crippen LogP contribution is 2.33. The summed E-state index contributed by atoms with van der Waals surface area (Å²) < 4.78 is 26.5. The quantitative estimate of drug-likeness (QED) is 0.235. The van der Waals surface area contributed by atoms with Gasteiger partial charge in [0, 0.05) is 0 Å². The minimum atomic E-state index is -0.526. The zero-order chi connectivity index (χ0) is 22.5. The van der Waals surface area contributed by atoms with Crippen LogP contribution in [0.2, 0.25) is 0 Å². The minimum Gasteiger partial charge on any atom is -0.497 e. The van der Waals surface area contributed by atoms with Gasteiger partial charge in [-0.05, 0) is 60.2 Å². The van der Waals surface area contributed by atoms with Gasteiger partial charge in [-0.2, -0.15) is 0 Å². The zero-order valence-electron chi connectivity index (χ0n) is 17.5. The Balaban J connectivity index is 1.48. The molecule has 0 spiro atoms. The molecule has 0 fully saturated rings. The van der Waals surface area contributed by atoms with Crippen molar-refractivity contribution in [1.82, 2.24) is 0 Å². The van der Waals surface area contributed by atoms with E-state index in [1.54, 1.807) is 66.7 Å². The second kappa shape index (κ2) is 9.26. The molecule has 0 bridgehead atoms. The molecule has 0 aromatic heterocycles. The lowest BCUT2D eigenvalue weighted by Crippen LogP contribution is -2.08. The molecule has 0 aliphatic carbocycles. The summed E-state index contributed by atoms with van der Waals surface area (Å²) in [5.74, 6) is 1.67. The fourth-order valence-electron chi connectivity index (χ4n) is 3.14. The highest BCUT2D eigenvalue weighted by Gasteiger charge is 2.17. The second-order valence-electron chi connectivity index (χ2n) is 6.79. The Hall–Kier alpha value is -4.26. The van der Waals surface area contributed by atoms with Crippen LogP contribution in [-0.2, 0) is 0 Å². The number of carbonyl (C=O) groups is 2. The highest BCUT2D eigenvalue weighted by molar-refractivity contribution is 6.09. The number of rotatable bonds is 7. The number of ketones is 1. The topological polar surface area (TPSA) is 80.3 Å². The standard InChI is InChI=1S/C25H20O7/c1-28-18-8-11-22(29-2)20(14-18)21(26)9-6-16-4-3-5-19(12-16)32-25(27)17-7-10-23-24(13-17)31-15-30-23/h3-14H,15H2,1-2H3. The van der Waals surface area contributed by atoms with Crippen LogP contribution in [0.1, 0.15) is 26.3 Å². The molecule has 0 radical (unpaired) electrons. The van der Waals surface area contributed by atoms with Crippen LogP contribution in [0.25, 0.3) is 6.08 Å². The summed E-state index contributed by atoms with van der Waals surface area (Å²) in [6.45, 7) is 0.128. The number of fused-ring (bicyclic) bond motifs is 1. The van der Waals surface area contributed by atoms with Crippen molar-refractivity contribution in [2.45, 2.75) is 0 Å². The fraction of sp³-hybridized carbons (Fsp3) is 0.120. The van der Waals surface area contributed by atoms with Crippen molar-refractivity contribution in [3.63, 3.8) is 0 Å². The van der Waals surface area contributed by atoms with Gasteiger partial charge in [0.15, 0.2) is 17.3 Å². The lowest BCUT2D eigenvalue weighted by Gasteiger charge is -2.08. The molecule has 1 heterocycles. The zero-order valence-corrected chi connectivity index (χ0v) is 17.5. The third-order valence-electron chi connectivity index (χ3n) is 4.78. The molecule has 0 atom stereocenters. The van der Waals surface area contributed by atoms with Gasteiger partial charge in [-0.3, -0.25) is 4.79 Å². The van der Waals surface area contributed by atoms with Gasteiger partial charge in [0.25, 0.3) is 0 Å². The van der Waals surface area contributed by atoms with E-state index in [0.717, 1.165) is 0 Å². The molecule has 0 unspecified atom stereocenters. The number of esters is 1. The monoisotopic (exact) mass is 432 g/mol. The summed E-state index contributed by atoms with van der Waals surface area (Å²) in [5, 5.41) is 0. The van der Waals surface area contributed by atoms with Gasteiger partial charge in [0.2, 0.25) is 6.79 Å². The van der Waals surface area contributed by atoms with E-state index < -0.39 is 5.97 Å². The summed E-state index contributed by atoms with van der Waals surface area (Å²) in [4.78, 5) is 25.2. The molecule has 0 saturated carbocycles. The smallest absolute Gasteiger partial charge is 0.343 e. The van der Waals surface area contributed by atoms with Gasteiger partial charge in [0.05, 0.1) is 25.3 Å². The van der Waals surface area contributed by atoms with Crippen LogP contribution in [-0.4, -0.2) is 32.8 Å². The Labute approximate surface area is 184 Å². The van der Waals surface area contributed by atoms with Crippen molar-refractivity contribution < 1.29 is 33.3 Å². The third-order valence-corrected chi connectivity index (χ3v) is 4.78. The first-order valence-electron chi connectivity index (χ1n) is 9.73. The van der Waals surface area contributed by atoms with E-state index >= 15 is 0 Å². The van der Waals surface area contributed by atoms with Gasteiger partial charge >= 0.3 is 5.97 Å². The Morgan fingerprint density at radius 3 is 2.53 bits per heavy atom. The van der Waals surface area contributed by atoms with Gasteiger partial charge in [-0.1, -0.05) is 18.2 Å². The Morgan fingerprint density at radius 2 is 1.72 bits per heavy atom. The van der Waals surface area contributed by atoms with Crippen LogP contribution in [0.3, 0.4) is 0 Å². The third kappa shape index (κ3) is 4.57. The van der Waals surface area contributed by atoms with Gasteiger partial charge in [-0.25, -0.2) is 4.79 Å². The van der Waals surface area contributed by atoms with Crippen LogP contribution in [0, 0.1) is 0 Å². The van der Waals surface area contributed by atoms with Crippen LogP contribution >= 0.6 is 0 Å². The molecule has 7 nitrogen and oxygen atoms in total. The summed E-state index contributed by atoms with van der Waals surface area (Å²) in [5.41, 5.74) is 1.42. The summed E-state index contributed by atoms with van der Waals surface area (Å²) in [6, 6.07) is 16.7. The summed E-state index contributed by atoms with van der Waals surface area (Å²) in [6.07, 6.45) is 3.06. The first kappa shape index (κ1) is 21.0. The average molecular weight is 432 g/mol. The molecule has 0 N–H and O–H groups in total. The number of hydrogen-bond donors (Lipinski definition) is 0. The molecule has 4 rings (SSSR count). The van der Waals surface area contributed by atoms with Gasteiger partial charge in [-0.15, -0.1) is 0 Å². The molecule has 3 aromatic carbocycles. The average Bonchev–Trinajstić information content (AvgIpc) is 3.30. The molecule has 1 aliphatic heterocycles. The Bertz CT molecular complexity index is 1200. The Morgan fingerprint density at radius 1 is 0.875 bits per heavy atom. The molecule has 3 aromatic rings. The molecular weight excluding hydrogens is 412 g/mol. The van der Waals surface area contributed by atoms with Crippen molar-refractivity contribution >= 4 is 17.8 Å². The number of allylic oxidation sites excluding steroid dienone is 1. The van der Waals surface area contributed by atoms with Crippen molar-refractivity contribution in [3.8, 4) is 28.7 Å². The molecule has 0 amide bonds. The maximum absolute atomic E-state index is 12.7. The van der Waals surface area contributed by atoms with E-state index in [-0.39, 0.29) is 12.6 Å². The van der Waals surface area contributed by atoms with E-state index in [2.05, 4.69) is 0 Å². The second-order valence-corrected chi connectivity index (χ2v) is 6.79. The Kier molecular flexibility index (Phi) is 6.07. The molecule has 162 valence electrons. The van der Waals surface area contributed by atoms with Crippen LogP contribution in [0.5, 0.6) is 28.7 Å². The maximum Gasteiger partial charge on any atom is 0.343 e. The largest absolute Gasteiger partial charge is 0.497 e. The summed E-state index contributed by atoms with van der Waals surface area (Å²) in [7, 11) is 3.03. The van der Waals surface area contributed by atoms with Crippen LogP contribution in [0.15, 0.2) is 66.7 Å². The SMILES string of the molecule is COc1ccc(OC)c(C(=O)C=Cc2cccc(OC(=O)c3ccc4c(c3)OCO4)c2)c1. The molecular formula is C25H20O7.